The Kier molecular flexibility index (Phi) is 6.09. The predicted molar refractivity (Wildman–Crippen MR) is 129 cm³/mol. The Bertz CT molecular complexity index is 1490. The smallest absolute Gasteiger partial charge is 0.276 e. The summed E-state index contributed by atoms with van der Waals surface area (Å²) in [4.78, 5) is 17.4. The molecule has 11 nitrogen and oxygen atoms in total. The summed E-state index contributed by atoms with van der Waals surface area (Å²) in [5.41, 5.74) is 3.86. The van der Waals surface area contributed by atoms with Gasteiger partial charge in [0.05, 0.1) is 30.0 Å². The van der Waals surface area contributed by atoms with Crippen LogP contribution in [0.5, 0.6) is 0 Å². The number of anilines is 1. The summed E-state index contributed by atoms with van der Waals surface area (Å²) in [5, 5.41) is 11.6. The molecular weight excluding hydrogens is 470 g/mol. The van der Waals surface area contributed by atoms with Crippen LogP contribution >= 0.6 is 0 Å². The van der Waals surface area contributed by atoms with Gasteiger partial charge in [0.2, 0.25) is 10.0 Å². The molecule has 5 rings (SSSR count). The van der Waals surface area contributed by atoms with E-state index in [4.69, 9.17) is 4.74 Å². The van der Waals surface area contributed by atoms with Crippen LogP contribution in [-0.4, -0.2) is 69.3 Å². The number of rotatable bonds is 6. The SMILES string of the molecule is CCn1ncc(-c2ccnc3cc(C(=O)Nc4ccc(S(=O)(=O)N5CCOCC5)cc4)nn23)c1C. The normalized spacial score (nSPS) is 14.9. The standard InChI is InChI=1S/C23H25N7O4S/c1-3-29-16(2)19(15-25-29)21-8-9-24-22-14-20(27-30(21)22)23(31)26-17-4-6-18(7-5-17)35(32,33)28-10-12-34-13-11-28/h4-9,14-15H,3,10-13H2,1-2H3,(H,26,31). The third kappa shape index (κ3) is 4.31. The van der Waals surface area contributed by atoms with Crippen molar-refractivity contribution in [2.45, 2.75) is 25.3 Å². The molecule has 3 aromatic heterocycles. The van der Waals surface area contributed by atoms with Crippen molar-refractivity contribution >= 4 is 27.3 Å². The first-order valence-electron chi connectivity index (χ1n) is 11.3. The molecule has 35 heavy (non-hydrogen) atoms. The van der Waals surface area contributed by atoms with Gasteiger partial charge in [-0.25, -0.2) is 17.9 Å². The van der Waals surface area contributed by atoms with Crippen molar-refractivity contribution < 1.29 is 17.9 Å². The minimum Gasteiger partial charge on any atom is -0.379 e. The van der Waals surface area contributed by atoms with E-state index < -0.39 is 15.9 Å². The van der Waals surface area contributed by atoms with Gasteiger partial charge in [-0.1, -0.05) is 0 Å². The molecule has 0 unspecified atom stereocenters. The van der Waals surface area contributed by atoms with Crippen molar-refractivity contribution in [3.63, 3.8) is 0 Å². The number of ether oxygens (including phenoxy) is 1. The number of fused-ring (bicyclic) bond motifs is 1. The van der Waals surface area contributed by atoms with Gasteiger partial charge in [-0.15, -0.1) is 0 Å². The second-order valence-electron chi connectivity index (χ2n) is 8.08. The lowest BCUT2D eigenvalue weighted by Crippen LogP contribution is -2.40. The van der Waals surface area contributed by atoms with Crippen molar-refractivity contribution in [2.75, 3.05) is 31.6 Å². The lowest BCUT2D eigenvalue weighted by molar-refractivity contribution is 0.0730. The average molecular weight is 496 g/mol. The molecular formula is C23H25N7O4S. The number of nitrogens with zero attached hydrogens (tertiary/aromatic N) is 6. The van der Waals surface area contributed by atoms with Crippen LogP contribution in [-0.2, 0) is 21.3 Å². The second-order valence-corrected chi connectivity index (χ2v) is 10.0. The fourth-order valence-corrected chi connectivity index (χ4v) is 5.48. The number of morpholine rings is 1. The van der Waals surface area contributed by atoms with E-state index in [2.05, 4.69) is 20.5 Å². The van der Waals surface area contributed by atoms with Crippen molar-refractivity contribution in [2.24, 2.45) is 0 Å². The van der Waals surface area contributed by atoms with Gasteiger partial charge >= 0.3 is 0 Å². The molecule has 12 heteroatoms. The highest BCUT2D eigenvalue weighted by molar-refractivity contribution is 7.89. The third-order valence-electron chi connectivity index (χ3n) is 5.99. The van der Waals surface area contributed by atoms with Gasteiger partial charge in [-0.05, 0) is 44.2 Å². The Morgan fingerprint density at radius 1 is 1.14 bits per heavy atom. The maximum atomic E-state index is 12.9. The first-order chi connectivity index (χ1) is 16.9. The minimum atomic E-state index is -3.60. The van der Waals surface area contributed by atoms with E-state index in [1.54, 1.807) is 35.1 Å². The van der Waals surface area contributed by atoms with Gasteiger partial charge in [-0.2, -0.15) is 14.5 Å². The number of sulfonamides is 1. The van der Waals surface area contributed by atoms with E-state index in [1.165, 1.54) is 16.4 Å². The van der Waals surface area contributed by atoms with Gasteiger partial charge in [0.1, 0.15) is 0 Å². The third-order valence-corrected chi connectivity index (χ3v) is 7.90. The highest BCUT2D eigenvalue weighted by Gasteiger charge is 2.26. The highest BCUT2D eigenvalue weighted by atomic mass is 32.2. The topological polar surface area (TPSA) is 124 Å². The van der Waals surface area contributed by atoms with Crippen LogP contribution in [0.2, 0.25) is 0 Å². The predicted octanol–water partition coefficient (Wildman–Crippen LogP) is 2.19. The number of hydrogen-bond donors (Lipinski definition) is 1. The Balaban J connectivity index is 1.37. The average Bonchev–Trinajstić information content (AvgIpc) is 3.48. The maximum Gasteiger partial charge on any atom is 0.276 e. The van der Waals surface area contributed by atoms with Crippen molar-refractivity contribution in [3.8, 4) is 11.3 Å². The minimum absolute atomic E-state index is 0.168. The summed E-state index contributed by atoms with van der Waals surface area (Å²) < 4.78 is 35.7. The van der Waals surface area contributed by atoms with Crippen LogP contribution in [0.4, 0.5) is 5.69 Å². The van der Waals surface area contributed by atoms with Crippen LogP contribution in [0.25, 0.3) is 16.9 Å². The molecule has 0 atom stereocenters. The Morgan fingerprint density at radius 3 is 2.57 bits per heavy atom. The Hall–Kier alpha value is -3.61. The molecule has 0 radical (unpaired) electrons. The number of carbonyl (C=O) groups excluding carboxylic acids is 1. The summed E-state index contributed by atoms with van der Waals surface area (Å²) >= 11 is 0. The van der Waals surface area contributed by atoms with Gasteiger partial charge in [-0.3, -0.25) is 9.48 Å². The number of amides is 1. The van der Waals surface area contributed by atoms with Gasteiger partial charge in [0.15, 0.2) is 11.3 Å². The van der Waals surface area contributed by atoms with E-state index in [0.717, 1.165) is 23.5 Å². The van der Waals surface area contributed by atoms with E-state index in [0.29, 0.717) is 37.6 Å². The van der Waals surface area contributed by atoms with Gasteiger partial charge in [0, 0.05) is 48.8 Å². The fraction of sp³-hybridized carbons (Fsp3) is 0.304. The molecule has 1 fully saturated rings. The molecule has 0 saturated carbocycles. The molecule has 1 amide bonds. The maximum absolute atomic E-state index is 12.9. The number of nitrogens with one attached hydrogen (secondary N) is 1. The van der Waals surface area contributed by atoms with E-state index >= 15 is 0 Å². The molecule has 1 saturated heterocycles. The van der Waals surface area contributed by atoms with Gasteiger partial charge < -0.3 is 10.1 Å². The summed E-state index contributed by atoms with van der Waals surface area (Å²) in [7, 11) is -3.60. The summed E-state index contributed by atoms with van der Waals surface area (Å²) in [6.45, 7) is 6.16. The Labute approximate surface area is 202 Å². The van der Waals surface area contributed by atoms with Crippen LogP contribution in [0, 0.1) is 6.92 Å². The zero-order valence-electron chi connectivity index (χ0n) is 19.4. The van der Waals surface area contributed by atoms with Gasteiger partial charge in [0.25, 0.3) is 5.91 Å². The Morgan fingerprint density at radius 2 is 1.89 bits per heavy atom. The quantitative estimate of drug-likeness (QED) is 0.435. The molecule has 0 aliphatic carbocycles. The lowest BCUT2D eigenvalue weighted by atomic mass is 10.2. The molecule has 0 bridgehead atoms. The van der Waals surface area contributed by atoms with Crippen LogP contribution in [0.1, 0.15) is 23.1 Å². The fourth-order valence-electron chi connectivity index (χ4n) is 4.07. The first-order valence-corrected chi connectivity index (χ1v) is 12.7. The van der Waals surface area contributed by atoms with E-state index in [1.807, 2.05) is 24.6 Å². The molecule has 4 heterocycles. The highest BCUT2D eigenvalue weighted by Crippen LogP contribution is 2.24. The lowest BCUT2D eigenvalue weighted by Gasteiger charge is -2.26. The van der Waals surface area contributed by atoms with Crippen LogP contribution in [0.3, 0.4) is 0 Å². The van der Waals surface area contributed by atoms with Crippen molar-refractivity contribution in [1.29, 1.82) is 0 Å². The number of carbonyl (C=O) groups is 1. The van der Waals surface area contributed by atoms with E-state index in [9.17, 15) is 13.2 Å². The first kappa shape index (κ1) is 23.1. The number of benzene rings is 1. The molecule has 4 aromatic rings. The summed E-state index contributed by atoms with van der Waals surface area (Å²) in [5.74, 6) is -0.425. The molecule has 1 N–H and O–H groups in total. The zero-order valence-corrected chi connectivity index (χ0v) is 20.2. The second kappa shape index (κ2) is 9.21. The van der Waals surface area contributed by atoms with Crippen molar-refractivity contribution in [1.82, 2.24) is 28.7 Å². The molecule has 1 aliphatic heterocycles. The van der Waals surface area contributed by atoms with Crippen molar-refractivity contribution in [3.05, 3.63) is 60.2 Å². The summed E-state index contributed by atoms with van der Waals surface area (Å²) in [6.07, 6.45) is 3.45. The number of aryl methyl sites for hydroxylation is 1. The van der Waals surface area contributed by atoms with E-state index in [-0.39, 0.29) is 10.6 Å². The molecule has 0 spiro atoms. The van der Waals surface area contributed by atoms with Crippen LogP contribution in [0.15, 0.2) is 53.7 Å². The monoisotopic (exact) mass is 495 g/mol. The molecule has 1 aromatic carbocycles. The molecule has 182 valence electrons. The van der Waals surface area contributed by atoms with Crippen LogP contribution < -0.4 is 5.32 Å². The summed E-state index contributed by atoms with van der Waals surface area (Å²) in [6, 6.07) is 9.53. The zero-order chi connectivity index (χ0) is 24.6. The number of hydrogen-bond acceptors (Lipinski definition) is 7. The largest absolute Gasteiger partial charge is 0.379 e. The molecule has 1 aliphatic rings. The number of aromatic nitrogens is 5.